The number of anilines is 2. The molecule has 0 spiro atoms. The van der Waals surface area contributed by atoms with E-state index < -0.39 is 0 Å². The maximum Gasteiger partial charge on any atom is 0.224 e. The van der Waals surface area contributed by atoms with E-state index in [1.54, 1.807) is 11.3 Å². The molecule has 0 fully saturated rings. The van der Waals surface area contributed by atoms with Crippen molar-refractivity contribution in [2.75, 3.05) is 24.3 Å². The first-order valence-corrected chi connectivity index (χ1v) is 7.41. The maximum atomic E-state index is 11.9. The molecular formula is C15H19N3OS. The van der Waals surface area contributed by atoms with Crippen LogP contribution in [0.1, 0.15) is 17.1 Å². The van der Waals surface area contributed by atoms with Gasteiger partial charge in [-0.15, -0.1) is 11.3 Å². The lowest BCUT2D eigenvalue weighted by molar-refractivity contribution is -0.116. The summed E-state index contributed by atoms with van der Waals surface area (Å²) in [5.41, 5.74) is 2.93. The Bertz CT molecular complexity index is 575. The summed E-state index contributed by atoms with van der Waals surface area (Å²) < 4.78 is 0. The van der Waals surface area contributed by atoms with E-state index >= 15 is 0 Å². The molecule has 0 saturated carbocycles. The van der Waals surface area contributed by atoms with Gasteiger partial charge in [0.25, 0.3) is 0 Å². The molecule has 2 rings (SSSR count). The number of nitrogens with zero attached hydrogens (tertiary/aromatic N) is 2. The Labute approximate surface area is 123 Å². The van der Waals surface area contributed by atoms with Gasteiger partial charge in [0.1, 0.15) is 0 Å². The Morgan fingerprint density at radius 3 is 2.55 bits per heavy atom. The van der Waals surface area contributed by atoms with Gasteiger partial charge in [0, 0.05) is 37.3 Å². The Morgan fingerprint density at radius 1 is 1.30 bits per heavy atom. The highest BCUT2D eigenvalue weighted by molar-refractivity contribution is 7.09. The minimum Gasteiger partial charge on any atom is -0.378 e. The summed E-state index contributed by atoms with van der Waals surface area (Å²) in [7, 11) is 3.98. The third kappa shape index (κ3) is 4.06. The fraction of sp³-hybridized carbons (Fsp3) is 0.333. The van der Waals surface area contributed by atoms with Crippen molar-refractivity contribution in [3.05, 3.63) is 40.3 Å². The van der Waals surface area contributed by atoms with Gasteiger partial charge in [-0.25, -0.2) is 4.98 Å². The van der Waals surface area contributed by atoms with Crippen molar-refractivity contribution in [3.63, 3.8) is 0 Å². The number of amides is 1. The standard InChI is InChI=1S/C15H19N3OS/c1-11-16-13(10-20-11)6-9-15(19)17-12-4-7-14(8-5-12)18(2)3/h4-5,7-8,10H,6,9H2,1-3H3,(H,17,19). The molecule has 2 aromatic rings. The molecule has 20 heavy (non-hydrogen) atoms. The molecule has 1 aromatic carbocycles. The lowest BCUT2D eigenvalue weighted by Crippen LogP contribution is -2.13. The Morgan fingerprint density at radius 2 is 2.00 bits per heavy atom. The van der Waals surface area contributed by atoms with Crippen LogP contribution in [0.4, 0.5) is 11.4 Å². The van der Waals surface area contributed by atoms with E-state index in [9.17, 15) is 4.79 Å². The first-order chi connectivity index (χ1) is 9.54. The third-order valence-corrected chi connectivity index (χ3v) is 3.76. The van der Waals surface area contributed by atoms with E-state index in [0.29, 0.717) is 12.8 Å². The summed E-state index contributed by atoms with van der Waals surface area (Å²) in [6, 6.07) is 7.80. The van der Waals surface area contributed by atoms with Crippen LogP contribution in [0.25, 0.3) is 0 Å². The van der Waals surface area contributed by atoms with Crippen LogP contribution >= 0.6 is 11.3 Å². The molecule has 4 nitrogen and oxygen atoms in total. The number of nitrogens with one attached hydrogen (secondary N) is 1. The molecule has 0 aliphatic heterocycles. The minimum atomic E-state index is 0.0215. The van der Waals surface area contributed by atoms with Crippen LogP contribution in [-0.4, -0.2) is 25.0 Å². The second kappa shape index (κ2) is 6.52. The first-order valence-electron chi connectivity index (χ1n) is 6.53. The first kappa shape index (κ1) is 14.5. The lowest BCUT2D eigenvalue weighted by atomic mass is 10.2. The van der Waals surface area contributed by atoms with Crippen LogP contribution in [0.3, 0.4) is 0 Å². The Kier molecular flexibility index (Phi) is 4.74. The fourth-order valence-corrected chi connectivity index (χ4v) is 2.48. The molecule has 1 heterocycles. The van der Waals surface area contributed by atoms with Gasteiger partial charge in [0.2, 0.25) is 5.91 Å². The Hall–Kier alpha value is -1.88. The summed E-state index contributed by atoms with van der Waals surface area (Å²) in [6.07, 6.45) is 1.14. The number of thiazole rings is 1. The van der Waals surface area contributed by atoms with Crippen molar-refractivity contribution in [1.82, 2.24) is 4.98 Å². The normalized spacial score (nSPS) is 10.3. The highest BCUT2D eigenvalue weighted by Gasteiger charge is 2.05. The van der Waals surface area contributed by atoms with E-state index in [2.05, 4.69) is 10.3 Å². The highest BCUT2D eigenvalue weighted by Crippen LogP contribution is 2.16. The molecule has 0 atom stereocenters. The number of benzene rings is 1. The van der Waals surface area contributed by atoms with Gasteiger partial charge in [-0.3, -0.25) is 4.79 Å². The zero-order valence-corrected chi connectivity index (χ0v) is 12.8. The fourth-order valence-electron chi connectivity index (χ4n) is 1.83. The van der Waals surface area contributed by atoms with Crippen LogP contribution in [0.2, 0.25) is 0 Å². The van der Waals surface area contributed by atoms with Crippen molar-refractivity contribution in [2.24, 2.45) is 0 Å². The predicted molar refractivity (Wildman–Crippen MR) is 84.6 cm³/mol. The van der Waals surface area contributed by atoms with Crippen LogP contribution in [-0.2, 0) is 11.2 Å². The van der Waals surface area contributed by atoms with Crippen molar-refractivity contribution >= 4 is 28.6 Å². The zero-order valence-electron chi connectivity index (χ0n) is 12.0. The second-order valence-electron chi connectivity index (χ2n) is 4.85. The summed E-state index contributed by atoms with van der Waals surface area (Å²) >= 11 is 1.62. The molecule has 0 saturated heterocycles. The third-order valence-electron chi connectivity index (χ3n) is 2.94. The average Bonchev–Trinajstić information content (AvgIpc) is 2.83. The van der Waals surface area contributed by atoms with Crippen LogP contribution in [0.5, 0.6) is 0 Å². The lowest BCUT2D eigenvalue weighted by Gasteiger charge is -2.13. The van der Waals surface area contributed by atoms with E-state index in [0.717, 1.165) is 22.1 Å². The van der Waals surface area contributed by atoms with Gasteiger partial charge in [-0.2, -0.15) is 0 Å². The van der Waals surface area contributed by atoms with E-state index in [4.69, 9.17) is 0 Å². The molecule has 1 N–H and O–H groups in total. The van der Waals surface area contributed by atoms with Crippen LogP contribution in [0.15, 0.2) is 29.6 Å². The summed E-state index contributed by atoms with van der Waals surface area (Å²) in [5.74, 6) is 0.0215. The number of aromatic nitrogens is 1. The molecule has 0 aliphatic rings. The second-order valence-corrected chi connectivity index (χ2v) is 5.91. The summed E-state index contributed by atoms with van der Waals surface area (Å²) in [4.78, 5) is 18.2. The van der Waals surface area contributed by atoms with Crippen LogP contribution in [0, 0.1) is 6.92 Å². The van der Waals surface area contributed by atoms with Gasteiger partial charge in [0.15, 0.2) is 0 Å². The minimum absolute atomic E-state index is 0.0215. The van der Waals surface area contributed by atoms with Crippen LogP contribution < -0.4 is 10.2 Å². The topological polar surface area (TPSA) is 45.2 Å². The highest BCUT2D eigenvalue weighted by atomic mass is 32.1. The maximum absolute atomic E-state index is 11.9. The summed E-state index contributed by atoms with van der Waals surface area (Å²) in [6.45, 7) is 1.97. The van der Waals surface area contributed by atoms with E-state index in [-0.39, 0.29) is 5.91 Å². The quantitative estimate of drug-likeness (QED) is 0.920. The van der Waals surface area contributed by atoms with Crippen molar-refractivity contribution < 1.29 is 4.79 Å². The molecule has 1 amide bonds. The van der Waals surface area contributed by atoms with Gasteiger partial charge in [-0.1, -0.05) is 0 Å². The molecule has 0 radical (unpaired) electrons. The summed E-state index contributed by atoms with van der Waals surface area (Å²) in [5, 5.41) is 5.95. The molecule has 1 aromatic heterocycles. The van der Waals surface area contributed by atoms with Crippen molar-refractivity contribution in [3.8, 4) is 0 Å². The number of hydrogen-bond acceptors (Lipinski definition) is 4. The zero-order chi connectivity index (χ0) is 14.5. The van der Waals surface area contributed by atoms with Gasteiger partial charge in [0.05, 0.1) is 10.7 Å². The van der Waals surface area contributed by atoms with Gasteiger partial charge < -0.3 is 10.2 Å². The van der Waals surface area contributed by atoms with E-state index in [1.807, 2.05) is 55.6 Å². The number of aryl methyl sites for hydroxylation is 2. The monoisotopic (exact) mass is 289 g/mol. The van der Waals surface area contributed by atoms with Crippen molar-refractivity contribution in [1.29, 1.82) is 0 Å². The van der Waals surface area contributed by atoms with E-state index in [1.165, 1.54) is 0 Å². The molecule has 0 unspecified atom stereocenters. The largest absolute Gasteiger partial charge is 0.378 e. The molecule has 0 aliphatic carbocycles. The smallest absolute Gasteiger partial charge is 0.224 e. The Balaban J connectivity index is 1.84. The molecule has 0 bridgehead atoms. The predicted octanol–water partition coefficient (Wildman–Crippen LogP) is 3.09. The molecule has 5 heteroatoms. The van der Waals surface area contributed by atoms with Gasteiger partial charge in [-0.05, 0) is 37.6 Å². The number of hydrogen-bond donors (Lipinski definition) is 1. The molecule has 106 valence electrons. The van der Waals surface area contributed by atoms with Crippen molar-refractivity contribution in [2.45, 2.75) is 19.8 Å². The average molecular weight is 289 g/mol. The van der Waals surface area contributed by atoms with Gasteiger partial charge >= 0.3 is 0 Å². The number of rotatable bonds is 5. The number of carbonyl (C=O) groups excluding carboxylic acids is 1. The number of carbonyl (C=O) groups is 1. The molecular weight excluding hydrogens is 270 g/mol. The SMILES string of the molecule is Cc1nc(CCC(=O)Nc2ccc(N(C)C)cc2)cs1.